The summed E-state index contributed by atoms with van der Waals surface area (Å²) in [6.07, 6.45) is 6.77. The van der Waals surface area contributed by atoms with E-state index in [4.69, 9.17) is 0 Å². The number of methoxy groups -OCH3 is 1. The second kappa shape index (κ2) is 6.83. The minimum Gasteiger partial charge on any atom is -0.469 e. The number of ether oxygens (including phenoxy) is 1. The Hall–Kier alpha value is -0.570. The van der Waals surface area contributed by atoms with Crippen molar-refractivity contribution in [2.24, 2.45) is 5.92 Å². The largest absolute Gasteiger partial charge is 0.469 e. The van der Waals surface area contributed by atoms with Crippen molar-refractivity contribution in [2.75, 3.05) is 13.7 Å². The molecular formula is C12H23NO2. The molecule has 88 valence electrons. The van der Waals surface area contributed by atoms with E-state index in [0.29, 0.717) is 12.5 Å². The first-order chi connectivity index (χ1) is 7.24. The maximum absolute atomic E-state index is 10.9. The molecule has 0 amide bonds. The molecular weight excluding hydrogens is 190 g/mol. The van der Waals surface area contributed by atoms with E-state index >= 15 is 0 Å². The second-order valence-electron chi connectivity index (χ2n) is 4.50. The van der Waals surface area contributed by atoms with Gasteiger partial charge in [-0.05, 0) is 31.7 Å². The van der Waals surface area contributed by atoms with E-state index in [9.17, 15) is 4.79 Å². The van der Waals surface area contributed by atoms with Gasteiger partial charge in [-0.3, -0.25) is 4.79 Å². The number of carbonyl (C=O) groups is 1. The zero-order valence-electron chi connectivity index (χ0n) is 9.92. The molecule has 1 aliphatic rings. The minimum absolute atomic E-state index is 0.103. The third-order valence-electron chi connectivity index (χ3n) is 3.30. The monoisotopic (exact) mass is 213 g/mol. The summed E-state index contributed by atoms with van der Waals surface area (Å²) < 4.78 is 4.60. The molecule has 1 aliphatic carbocycles. The maximum atomic E-state index is 10.9. The molecule has 1 rings (SSSR count). The van der Waals surface area contributed by atoms with Crippen LogP contribution in [0.25, 0.3) is 0 Å². The second-order valence-corrected chi connectivity index (χ2v) is 4.50. The van der Waals surface area contributed by atoms with Gasteiger partial charge in [0, 0.05) is 12.5 Å². The van der Waals surface area contributed by atoms with E-state index in [1.54, 1.807) is 0 Å². The van der Waals surface area contributed by atoms with E-state index in [0.717, 1.165) is 18.9 Å². The van der Waals surface area contributed by atoms with E-state index in [1.165, 1.54) is 32.8 Å². The molecule has 0 radical (unpaired) electrons. The van der Waals surface area contributed by atoms with Crippen molar-refractivity contribution in [3.05, 3.63) is 0 Å². The summed E-state index contributed by atoms with van der Waals surface area (Å²) in [4.78, 5) is 10.9. The number of carbonyl (C=O) groups excluding carboxylic acids is 1. The molecule has 1 saturated carbocycles. The van der Waals surface area contributed by atoms with Crippen LogP contribution in [0.1, 0.15) is 45.4 Å². The van der Waals surface area contributed by atoms with Crippen LogP contribution >= 0.6 is 0 Å². The first-order valence-corrected chi connectivity index (χ1v) is 6.04. The lowest BCUT2D eigenvalue weighted by Crippen LogP contribution is -2.37. The number of nitrogens with one attached hydrogen (secondary N) is 1. The molecule has 0 unspecified atom stereocenters. The fourth-order valence-electron chi connectivity index (χ4n) is 2.24. The van der Waals surface area contributed by atoms with Crippen LogP contribution in [0, 0.1) is 5.92 Å². The Kier molecular flexibility index (Phi) is 5.69. The molecule has 0 aliphatic heterocycles. The Balaban J connectivity index is 2.06. The van der Waals surface area contributed by atoms with Crippen molar-refractivity contribution in [3.63, 3.8) is 0 Å². The van der Waals surface area contributed by atoms with Crippen molar-refractivity contribution in [2.45, 2.75) is 51.5 Å². The number of rotatable bonds is 5. The summed E-state index contributed by atoms with van der Waals surface area (Å²) in [6.45, 7) is 3.25. The summed E-state index contributed by atoms with van der Waals surface area (Å²) in [7, 11) is 1.44. The highest BCUT2D eigenvalue weighted by Crippen LogP contribution is 2.23. The molecule has 2 atom stereocenters. The van der Waals surface area contributed by atoms with Crippen molar-refractivity contribution < 1.29 is 9.53 Å². The van der Waals surface area contributed by atoms with E-state index in [2.05, 4.69) is 17.0 Å². The number of hydrogen-bond donors (Lipinski definition) is 1. The molecule has 0 bridgehead atoms. The van der Waals surface area contributed by atoms with Crippen molar-refractivity contribution >= 4 is 5.97 Å². The van der Waals surface area contributed by atoms with Gasteiger partial charge in [-0.1, -0.05) is 19.8 Å². The lowest BCUT2D eigenvalue weighted by atomic mass is 9.86. The Labute approximate surface area is 92.6 Å². The lowest BCUT2D eigenvalue weighted by molar-refractivity contribution is -0.140. The standard InChI is InChI=1S/C12H23NO2/c1-10-6-3-4-7-11(10)13-9-5-8-12(14)15-2/h10-11,13H,3-9H2,1-2H3/t10-,11+/m0/s1. The first kappa shape index (κ1) is 12.5. The van der Waals surface area contributed by atoms with Gasteiger partial charge in [-0.2, -0.15) is 0 Å². The van der Waals surface area contributed by atoms with Gasteiger partial charge in [0.1, 0.15) is 0 Å². The Morgan fingerprint density at radius 1 is 1.40 bits per heavy atom. The van der Waals surface area contributed by atoms with Crippen LogP contribution < -0.4 is 5.32 Å². The van der Waals surface area contributed by atoms with Crippen molar-refractivity contribution in [3.8, 4) is 0 Å². The molecule has 0 heterocycles. The topological polar surface area (TPSA) is 38.3 Å². The van der Waals surface area contributed by atoms with Gasteiger partial charge in [0.05, 0.1) is 7.11 Å². The molecule has 0 aromatic heterocycles. The van der Waals surface area contributed by atoms with Crippen LogP contribution in [0.5, 0.6) is 0 Å². The molecule has 1 N–H and O–H groups in total. The van der Waals surface area contributed by atoms with Crippen molar-refractivity contribution in [1.82, 2.24) is 5.32 Å². The quantitative estimate of drug-likeness (QED) is 0.561. The molecule has 3 nitrogen and oxygen atoms in total. The average molecular weight is 213 g/mol. The Morgan fingerprint density at radius 3 is 2.80 bits per heavy atom. The molecule has 0 aromatic rings. The molecule has 15 heavy (non-hydrogen) atoms. The van der Waals surface area contributed by atoms with E-state index in [1.807, 2.05) is 0 Å². The van der Waals surface area contributed by atoms with Crippen LogP contribution in [0.3, 0.4) is 0 Å². The van der Waals surface area contributed by atoms with Gasteiger partial charge in [0.15, 0.2) is 0 Å². The Morgan fingerprint density at radius 2 is 2.13 bits per heavy atom. The van der Waals surface area contributed by atoms with Gasteiger partial charge in [0.2, 0.25) is 0 Å². The van der Waals surface area contributed by atoms with Gasteiger partial charge in [-0.15, -0.1) is 0 Å². The third kappa shape index (κ3) is 4.65. The highest BCUT2D eigenvalue weighted by atomic mass is 16.5. The van der Waals surface area contributed by atoms with Crippen molar-refractivity contribution in [1.29, 1.82) is 0 Å². The lowest BCUT2D eigenvalue weighted by Gasteiger charge is -2.29. The summed E-state index contributed by atoms with van der Waals surface area (Å²) in [5.41, 5.74) is 0. The summed E-state index contributed by atoms with van der Waals surface area (Å²) >= 11 is 0. The molecule has 0 spiro atoms. The normalized spacial score (nSPS) is 26.3. The highest BCUT2D eigenvalue weighted by molar-refractivity contribution is 5.69. The summed E-state index contributed by atoms with van der Waals surface area (Å²) in [6, 6.07) is 0.663. The predicted octanol–water partition coefficient (Wildman–Crippen LogP) is 2.11. The third-order valence-corrected chi connectivity index (χ3v) is 3.30. The van der Waals surface area contributed by atoms with Crippen LogP contribution in [-0.4, -0.2) is 25.7 Å². The highest BCUT2D eigenvalue weighted by Gasteiger charge is 2.20. The molecule has 0 aromatic carbocycles. The van der Waals surface area contributed by atoms with E-state index in [-0.39, 0.29) is 5.97 Å². The van der Waals surface area contributed by atoms with Crippen LogP contribution in [-0.2, 0) is 9.53 Å². The summed E-state index contributed by atoms with van der Waals surface area (Å²) in [5.74, 6) is 0.686. The molecule has 3 heteroatoms. The fraction of sp³-hybridized carbons (Fsp3) is 0.917. The van der Waals surface area contributed by atoms with Crippen LogP contribution in [0.2, 0.25) is 0 Å². The molecule has 1 fully saturated rings. The smallest absolute Gasteiger partial charge is 0.305 e. The molecule has 0 saturated heterocycles. The Bertz CT molecular complexity index is 194. The predicted molar refractivity (Wildman–Crippen MR) is 60.7 cm³/mol. The minimum atomic E-state index is -0.103. The maximum Gasteiger partial charge on any atom is 0.305 e. The first-order valence-electron chi connectivity index (χ1n) is 6.04. The van der Waals surface area contributed by atoms with E-state index < -0.39 is 0 Å². The van der Waals surface area contributed by atoms with Gasteiger partial charge >= 0.3 is 5.97 Å². The van der Waals surface area contributed by atoms with Gasteiger partial charge in [0.25, 0.3) is 0 Å². The zero-order chi connectivity index (χ0) is 11.1. The van der Waals surface area contributed by atoms with Crippen LogP contribution in [0.4, 0.5) is 0 Å². The SMILES string of the molecule is COC(=O)CCCN[C@@H]1CCCC[C@@H]1C. The fourth-order valence-corrected chi connectivity index (χ4v) is 2.24. The number of esters is 1. The number of hydrogen-bond acceptors (Lipinski definition) is 3. The van der Waals surface area contributed by atoms with Crippen LogP contribution in [0.15, 0.2) is 0 Å². The van der Waals surface area contributed by atoms with Gasteiger partial charge < -0.3 is 10.1 Å². The van der Waals surface area contributed by atoms with Gasteiger partial charge in [-0.25, -0.2) is 0 Å². The summed E-state index contributed by atoms with van der Waals surface area (Å²) in [5, 5.41) is 3.54. The average Bonchev–Trinajstić information content (AvgIpc) is 2.26. The zero-order valence-corrected chi connectivity index (χ0v) is 9.92.